The van der Waals surface area contributed by atoms with Gasteiger partial charge in [0.15, 0.2) is 0 Å². The number of pyridine rings is 1. The molecule has 0 N–H and O–H groups in total. The Hall–Kier alpha value is -0.470. The fourth-order valence-corrected chi connectivity index (χ4v) is 1.00. The van der Waals surface area contributed by atoms with Crippen molar-refractivity contribution in [3.63, 3.8) is 0 Å². The molecule has 1 aromatic heterocycles. The summed E-state index contributed by atoms with van der Waals surface area (Å²) >= 11 is 0. The minimum Gasteiger partial charge on any atom is -0.256 e. The molecule has 10 heavy (non-hydrogen) atoms. The molecule has 1 nitrogen and oxygen atoms in total. The lowest BCUT2D eigenvalue weighted by atomic mass is 10.3. The van der Waals surface area contributed by atoms with E-state index in [1.165, 1.54) is 0 Å². The fourth-order valence-electron chi connectivity index (χ4n) is 0.567. The highest BCUT2D eigenvalue weighted by atomic mass is 35.7. The van der Waals surface area contributed by atoms with E-state index in [2.05, 4.69) is 11.6 Å². The zero-order chi connectivity index (χ0) is 7.40. The highest BCUT2D eigenvalue weighted by molar-refractivity contribution is 8.28. The molecular formula is C7H6ClNS. The number of aromatic nitrogens is 1. The molecule has 0 unspecified atom stereocenters. The first-order valence-corrected chi connectivity index (χ1v) is 4.38. The van der Waals surface area contributed by atoms with E-state index in [0.717, 1.165) is 21.6 Å². The SMILES string of the molecule is C=C(SCl)c1ccccn1. The van der Waals surface area contributed by atoms with Gasteiger partial charge in [-0.1, -0.05) is 12.6 Å². The summed E-state index contributed by atoms with van der Waals surface area (Å²) in [6, 6.07) is 5.63. The molecule has 0 aliphatic carbocycles. The molecule has 3 heteroatoms. The fraction of sp³-hybridized carbons (Fsp3) is 0. The predicted molar refractivity (Wildman–Crippen MR) is 46.7 cm³/mol. The minimum atomic E-state index is 0.780. The standard InChI is InChI=1S/C7H6ClNS/c1-6(10-8)7-4-2-3-5-9-7/h2-5H,1H2. The average Bonchev–Trinajstić information content (AvgIpc) is 2.05. The Bertz CT molecular complexity index is 222. The van der Waals surface area contributed by atoms with E-state index in [4.69, 9.17) is 10.7 Å². The van der Waals surface area contributed by atoms with Crippen LogP contribution in [0.1, 0.15) is 5.69 Å². The van der Waals surface area contributed by atoms with E-state index in [9.17, 15) is 0 Å². The van der Waals surface area contributed by atoms with Gasteiger partial charge in [-0.15, -0.1) is 0 Å². The van der Waals surface area contributed by atoms with E-state index in [0.29, 0.717) is 0 Å². The Morgan fingerprint density at radius 3 is 2.90 bits per heavy atom. The molecule has 1 rings (SSSR count). The number of rotatable bonds is 2. The van der Waals surface area contributed by atoms with Crippen molar-refractivity contribution in [3.05, 3.63) is 36.7 Å². The van der Waals surface area contributed by atoms with Crippen molar-refractivity contribution in [2.45, 2.75) is 0 Å². The molecular weight excluding hydrogens is 166 g/mol. The molecule has 0 bridgehead atoms. The second kappa shape index (κ2) is 3.64. The van der Waals surface area contributed by atoms with Crippen LogP contribution in [-0.4, -0.2) is 4.98 Å². The van der Waals surface area contributed by atoms with Crippen LogP contribution in [0.25, 0.3) is 4.91 Å². The topological polar surface area (TPSA) is 12.9 Å². The molecule has 0 aliphatic rings. The molecule has 0 aliphatic heterocycles. The zero-order valence-electron chi connectivity index (χ0n) is 5.25. The molecule has 0 atom stereocenters. The molecule has 0 saturated carbocycles. The van der Waals surface area contributed by atoms with Gasteiger partial charge < -0.3 is 0 Å². The third kappa shape index (κ3) is 1.75. The van der Waals surface area contributed by atoms with Gasteiger partial charge in [-0.05, 0) is 33.8 Å². The Morgan fingerprint density at radius 2 is 2.40 bits per heavy atom. The van der Waals surface area contributed by atoms with Crippen molar-refractivity contribution in [1.29, 1.82) is 0 Å². The van der Waals surface area contributed by atoms with Crippen molar-refractivity contribution in [2.75, 3.05) is 0 Å². The van der Waals surface area contributed by atoms with Crippen LogP contribution in [0.4, 0.5) is 0 Å². The lowest BCUT2D eigenvalue weighted by Gasteiger charge is -1.95. The van der Waals surface area contributed by atoms with Crippen molar-refractivity contribution in [2.24, 2.45) is 0 Å². The van der Waals surface area contributed by atoms with E-state index in [-0.39, 0.29) is 0 Å². The van der Waals surface area contributed by atoms with Gasteiger partial charge in [-0.3, -0.25) is 4.98 Å². The van der Waals surface area contributed by atoms with Crippen LogP contribution in [0.3, 0.4) is 0 Å². The van der Waals surface area contributed by atoms with Gasteiger partial charge in [0.25, 0.3) is 0 Å². The third-order valence-electron chi connectivity index (χ3n) is 1.04. The van der Waals surface area contributed by atoms with Crippen molar-refractivity contribution >= 4 is 26.6 Å². The Kier molecular flexibility index (Phi) is 2.78. The summed E-state index contributed by atoms with van der Waals surface area (Å²) in [6.07, 6.45) is 1.72. The molecule has 0 saturated heterocycles. The number of halogens is 1. The number of nitrogens with zero attached hydrogens (tertiary/aromatic N) is 1. The maximum atomic E-state index is 5.46. The molecule has 0 radical (unpaired) electrons. The summed E-state index contributed by atoms with van der Waals surface area (Å²) in [5.41, 5.74) is 0.836. The quantitative estimate of drug-likeness (QED) is 0.679. The van der Waals surface area contributed by atoms with E-state index >= 15 is 0 Å². The van der Waals surface area contributed by atoms with Gasteiger partial charge >= 0.3 is 0 Å². The summed E-state index contributed by atoms with van der Waals surface area (Å²) in [7, 11) is 6.56. The van der Waals surface area contributed by atoms with Gasteiger partial charge in [0.2, 0.25) is 0 Å². The molecule has 1 aromatic rings. The van der Waals surface area contributed by atoms with Crippen LogP contribution in [0, 0.1) is 0 Å². The van der Waals surface area contributed by atoms with Gasteiger partial charge in [0, 0.05) is 11.1 Å². The number of hydrogen-bond donors (Lipinski definition) is 0. The Morgan fingerprint density at radius 1 is 1.60 bits per heavy atom. The highest BCUT2D eigenvalue weighted by Gasteiger charge is 1.95. The smallest absolute Gasteiger partial charge is 0.0771 e. The van der Waals surface area contributed by atoms with Gasteiger partial charge in [0.1, 0.15) is 0 Å². The van der Waals surface area contributed by atoms with Crippen LogP contribution < -0.4 is 0 Å². The van der Waals surface area contributed by atoms with Crippen LogP contribution in [-0.2, 0) is 0 Å². The lowest BCUT2D eigenvalue weighted by molar-refractivity contribution is 1.29. The normalized spacial score (nSPS) is 9.30. The third-order valence-corrected chi connectivity index (χ3v) is 2.00. The van der Waals surface area contributed by atoms with Crippen LogP contribution in [0.2, 0.25) is 0 Å². The minimum absolute atomic E-state index is 0.780. The summed E-state index contributed by atoms with van der Waals surface area (Å²) in [6.45, 7) is 3.71. The van der Waals surface area contributed by atoms with E-state index in [1.54, 1.807) is 6.20 Å². The predicted octanol–water partition coefficient (Wildman–Crippen LogP) is 2.94. The van der Waals surface area contributed by atoms with Crippen LogP contribution in [0.15, 0.2) is 31.0 Å². The molecule has 0 amide bonds. The Balaban J connectivity index is 2.85. The summed E-state index contributed by atoms with van der Waals surface area (Å²) in [5.74, 6) is 0. The first-order valence-electron chi connectivity index (χ1n) is 2.73. The molecule has 1 heterocycles. The van der Waals surface area contributed by atoms with E-state index in [1.807, 2.05) is 18.2 Å². The van der Waals surface area contributed by atoms with Crippen molar-refractivity contribution < 1.29 is 0 Å². The van der Waals surface area contributed by atoms with E-state index < -0.39 is 0 Å². The zero-order valence-corrected chi connectivity index (χ0v) is 6.82. The summed E-state index contributed by atoms with van der Waals surface area (Å²) in [4.78, 5) is 4.82. The second-order valence-corrected chi connectivity index (χ2v) is 2.83. The first kappa shape index (κ1) is 7.63. The van der Waals surface area contributed by atoms with Gasteiger partial charge in [0.05, 0.1) is 5.69 Å². The van der Waals surface area contributed by atoms with Crippen molar-refractivity contribution in [1.82, 2.24) is 4.98 Å². The Labute approximate surface area is 68.6 Å². The molecule has 0 fully saturated rings. The highest BCUT2D eigenvalue weighted by Crippen LogP contribution is 2.26. The molecule has 52 valence electrons. The average molecular weight is 172 g/mol. The maximum absolute atomic E-state index is 5.46. The molecule has 0 aromatic carbocycles. The first-order chi connectivity index (χ1) is 4.84. The number of hydrogen-bond acceptors (Lipinski definition) is 2. The van der Waals surface area contributed by atoms with Crippen molar-refractivity contribution in [3.8, 4) is 0 Å². The van der Waals surface area contributed by atoms with Gasteiger partial charge in [-0.2, -0.15) is 0 Å². The largest absolute Gasteiger partial charge is 0.256 e. The lowest BCUT2D eigenvalue weighted by Crippen LogP contribution is -1.79. The monoisotopic (exact) mass is 171 g/mol. The van der Waals surface area contributed by atoms with Crippen LogP contribution in [0.5, 0.6) is 0 Å². The second-order valence-electron chi connectivity index (χ2n) is 1.72. The summed E-state index contributed by atoms with van der Waals surface area (Å²) < 4.78 is 0. The van der Waals surface area contributed by atoms with Gasteiger partial charge in [-0.25, -0.2) is 0 Å². The molecule has 0 spiro atoms. The van der Waals surface area contributed by atoms with Crippen LogP contribution >= 0.6 is 21.7 Å². The maximum Gasteiger partial charge on any atom is 0.0771 e. The summed E-state index contributed by atoms with van der Waals surface area (Å²) in [5, 5.41) is 0.